The van der Waals surface area contributed by atoms with Crippen molar-refractivity contribution in [3.63, 3.8) is 0 Å². The van der Waals surface area contributed by atoms with E-state index in [0.29, 0.717) is 5.56 Å². The molecule has 0 saturated heterocycles. The fourth-order valence-corrected chi connectivity index (χ4v) is 1.55. The summed E-state index contributed by atoms with van der Waals surface area (Å²) in [7, 11) is 1.26. The number of H-pyrrole nitrogens is 1. The molecule has 0 unspecified atom stereocenters. The van der Waals surface area contributed by atoms with E-state index in [2.05, 4.69) is 20.9 Å². The maximum atomic E-state index is 11.6. The van der Waals surface area contributed by atoms with Crippen LogP contribution in [0.25, 0.3) is 11.3 Å². The van der Waals surface area contributed by atoms with E-state index in [9.17, 15) is 9.59 Å². The highest BCUT2D eigenvalue weighted by atomic mass is 16.5. The lowest BCUT2D eigenvalue weighted by Gasteiger charge is -2.08. The Hall–Kier alpha value is -2.55. The largest absolute Gasteiger partial charge is 0.465 e. The van der Waals surface area contributed by atoms with Crippen LogP contribution in [0, 0.1) is 12.3 Å². The molecule has 0 radical (unpaired) electrons. The number of carbonyl (C=O) groups is 1. The third-order valence-corrected chi connectivity index (χ3v) is 2.29. The molecule has 0 aromatic carbocycles. The Morgan fingerprint density at radius 1 is 1.65 bits per heavy atom. The number of hydrogen-bond donors (Lipinski definition) is 1. The Morgan fingerprint density at radius 2 is 2.41 bits per heavy atom. The molecule has 2 rings (SSSR count). The second-order valence-electron chi connectivity index (χ2n) is 3.35. The Bertz CT molecular complexity index is 632. The van der Waals surface area contributed by atoms with Crippen molar-refractivity contribution in [2.24, 2.45) is 0 Å². The van der Waals surface area contributed by atoms with Crippen molar-refractivity contribution in [1.29, 1.82) is 0 Å². The lowest BCUT2D eigenvalue weighted by molar-refractivity contribution is 0.0600. The predicted octanol–water partition coefficient (Wildman–Crippen LogP) is 0.0960. The normalized spacial score (nSPS) is 10.1. The second kappa shape index (κ2) is 4.14. The van der Waals surface area contributed by atoms with Gasteiger partial charge in [0.1, 0.15) is 11.3 Å². The van der Waals surface area contributed by atoms with Gasteiger partial charge in [-0.1, -0.05) is 5.92 Å². The van der Waals surface area contributed by atoms with Gasteiger partial charge in [-0.15, -0.1) is 6.42 Å². The molecule has 0 aromatic heterocycles. The molecule has 2 aliphatic rings. The summed E-state index contributed by atoms with van der Waals surface area (Å²) in [6, 6.07) is 0. The Balaban J connectivity index is 2.69. The SMILES string of the molecule is C#CCn1cc(C(=O)OC)c2n[nH]c(=O)c-2c1. The zero-order valence-electron chi connectivity index (χ0n) is 9.06. The standard InChI is InChI=1S/C11H9N3O3/c1-3-4-14-5-7-9(12-13-10(7)15)8(6-14)11(16)17-2/h1,5-6H,4H2,2H3,(H,13,15). The molecule has 2 aliphatic heterocycles. The van der Waals surface area contributed by atoms with Crippen LogP contribution in [0.5, 0.6) is 0 Å². The van der Waals surface area contributed by atoms with E-state index in [4.69, 9.17) is 6.42 Å². The summed E-state index contributed by atoms with van der Waals surface area (Å²) in [6.07, 6.45) is 8.25. The average Bonchev–Trinajstić information content (AvgIpc) is 2.70. The van der Waals surface area contributed by atoms with Gasteiger partial charge in [0.2, 0.25) is 0 Å². The minimum Gasteiger partial charge on any atom is -0.465 e. The lowest BCUT2D eigenvalue weighted by atomic mass is 10.1. The third kappa shape index (κ3) is 1.78. The molecular weight excluding hydrogens is 222 g/mol. The number of nitrogens with zero attached hydrogens (tertiary/aromatic N) is 2. The number of carbonyl (C=O) groups excluding carboxylic acids is 1. The molecular formula is C11H9N3O3. The number of hydrogen-bond acceptors (Lipinski definition) is 4. The number of aromatic nitrogens is 3. The molecule has 0 fully saturated rings. The van der Waals surface area contributed by atoms with Gasteiger partial charge in [0.15, 0.2) is 0 Å². The number of nitrogens with one attached hydrogen (secondary N) is 1. The van der Waals surface area contributed by atoms with Crippen molar-refractivity contribution in [3.05, 3.63) is 28.3 Å². The molecule has 86 valence electrons. The van der Waals surface area contributed by atoms with Crippen molar-refractivity contribution in [2.45, 2.75) is 6.54 Å². The van der Waals surface area contributed by atoms with Gasteiger partial charge in [-0.2, -0.15) is 5.10 Å². The van der Waals surface area contributed by atoms with Crippen LogP contribution in [0.15, 0.2) is 17.2 Å². The summed E-state index contributed by atoms with van der Waals surface area (Å²) >= 11 is 0. The van der Waals surface area contributed by atoms with Gasteiger partial charge in [0.05, 0.1) is 19.2 Å². The van der Waals surface area contributed by atoms with Crippen LogP contribution in [0.4, 0.5) is 0 Å². The van der Waals surface area contributed by atoms with Crippen molar-refractivity contribution < 1.29 is 9.53 Å². The first-order chi connectivity index (χ1) is 8.17. The summed E-state index contributed by atoms with van der Waals surface area (Å²) in [5.41, 5.74) is 0.438. The molecule has 6 nitrogen and oxygen atoms in total. The number of pyridine rings is 1. The van der Waals surface area contributed by atoms with Crippen LogP contribution in [0.1, 0.15) is 10.4 Å². The highest BCUT2D eigenvalue weighted by molar-refractivity contribution is 5.95. The fraction of sp³-hybridized carbons (Fsp3) is 0.182. The van der Waals surface area contributed by atoms with Crippen LogP contribution < -0.4 is 5.56 Å². The first kappa shape index (κ1) is 11.0. The fourth-order valence-electron chi connectivity index (χ4n) is 1.55. The quantitative estimate of drug-likeness (QED) is 0.587. The number of terminal acetylenes is 1. The van der Waals surface area contributed by atoms with Crippen molar-refractivity contribution >= 4 is 5.97 Å². The first-order valence-corrected chi connectivity index (χ1v) is 4.77. The van der Waals surface area contributed by atoms with Gasteiger partial charge < -0.3 is 9.30 Å². The van der Waals surface area contributed by atoms with Crippen LogP contribution in [0.3, 0.4) is 0 Å². The third-order valence-electron chi connectivity index (χ3n) is 2.29. The molecule has 0 spiro atoms. The number of aromatic amines is 1. The summed E-state index contributed by atoms with van der Waals surface area (Å²) < 4.78 is 6.19. The smallest absolute Gasteiger partial charge is 0.341 e. The van der Waals surface area contributed by atoms with E-state index in [1.807, 2.05) is 0 Å². The van der Waals surface area contributed by atoms with Crippen molar-refractivity contribution in [1.82, 2.24) is 14.8 Å². The van der Waals surface area contributed by atoms with Gasteiger partial charge in [-0.3, -0.25) is 4.79 Å². The molecule has 0 amide bonds. The minimum absolute atomic E-state index is 0.207. The number of fused-ring (bicyclic) bond motifs is 1. The van der Waals surface area contributed by atoms with E-state index < -0.39 is 5.97 Å². The van der Waals surface area contributed by atoms with Crippen LogP contribution >= 0.6 is 0 Å². The molecule has 0 aliphatic carbocycles. The Labute approximate surface area is 96.6 Å². The van der Waals surface area contributed by atoms with Crippen LogP contribution in [-0.4, -0.2) is 27.8 Å². The van der Waals surface area contributed by atoms with E-state index >= 15 is 0 Å². The van der Waals surface area contributed by atoms with Gasteiger partial charge >= 0.3 is 5.97 Å². The molecule has 0 aromatic rings. The highest BCUT2D eigenvalue weighted by Gasteiger charge is 2.21. The van der Waals surface area contributed by atoms with E-state index in [1.54, 1.807) is 10.8 Å². The van der Waals surface area contributed by atoms with E-state index in [-0.39, 0.29) is 23.4 Å². The van der Waals surface area contributed by atoms with Crippen LogP contribution in [-0.2, 0) is 11.3 Å². The molecule has 1 N–H and O–H groups in total. The zero-order valence-corrected chi connectivity index (χ0v) is 9.06. The first-order valence-electron chi connectivity index (χ1n) is 4.77. The molecule has 2 heterocycles. The molecule has 0 bridgehead atoms. The predicted molar refractivity (Wildman–Crippen MR) is 59.6 cm³/mol. The number of rotatable bonds is 2. The number of methoxy groups -OCH3 is 1. The lowest BCUT2D eigenvalue weighted by Crippen LogP contribution is -2.11. The van der Waals surface area contributed by atoms with Gasteiger partial charge in [0.25, 0.3) is 5.56 Å². The maximum absolute atomic E-state index is 11.6. The van der Waals surface area contributed by atoms with Gasteiger partial charge in [-0.25, -0.2) is 9.89 Å². The maximum Gasteiger partial charge on any atom is 0.341 e. The molecule has 6 heteroatoms. The summed E-state index contributed by atoms with van der Waals surface area (Å²) in [6.45, 7) is 0.255. The highest BCUT2D eigenvalue weighted by Crippen LogP contribution is 2.20. The van der Waals surface area contributed by atoms with E-state index in [0.717, 1.165) is 0 Å². The van der Waals surface area contributed by atoms with Gasteiger partial charge in [-0.05, 0) is 0 Å². The summed E-state index contributed by atoms with van der Waals surface area (Å²) in [5, 5.41) is 6.07. The van der Waals surface area contributed by atoms with Crippen LogP contribution in [0.2, 0.25) is 0 Å². The molecule has 0 saturated carbocycles. The average molecular weight is 231 g/mol. The number of ether oxygens (including phenoxy) is 1. The summed E-state index contributed by atoms with van der Waals surface area (Å²) in [5.74, 6) is 1.86. The Kier molecular flexibility index (Phi) is 2.66. The van der Waals surface area contributed by atoms with Crippen molar-refractivity contribution in [3.8, 4) is 23.6 Å². The van der Waals surface area contributed by atoms with E-state index in [1.165, 1.54) is 13.3 Å². The number of esters is 1. The monoisotopic (exact) mass is 231 g/mol. The second-order valence-corrected chi connectivity index (χ2v) is 3.35. The minimum atomic E-state index is -0.562. The zero-order chi connectivity index (χ0) is 12.4. The van der Waals surface area contributed by atoms with Gasteiger partial charge in [0, 0.05) is 12.4 Å². The topological polar surface area (TPSA) is 77.0 Å². The summed E-state index contributed by atoms with van der Waals surface area (Å²) in [4.78, 5) is 23.0. The van der Waals surface area contributed by atoms with Crippen molar-refractivity contribution in [2.75, 3.05) is 7.11 Å². The molecule has 0 atom stereocenters. The molecule has 17 heavy (non-hydrogen) atoms. The Morgan fingerprint density at radius 3 is 3.06 bits per heavy atom.